The van der Waals surface area contributed by atoms with Crippen LogP contribution in [0.3, 0.4) is 0 Å². The summed E-state index contributed by atoms with van der Waals surface area (Å²) in [5.41, 5.74) is 5.16. The molecular formula is C22H30N2O2. The monoisotopic (exact) mass is 354 g/mol. The number of aromatic nitrogens is 2. The Bertz CT molecular complexity index is 725. The minimum absolute atomic E-state index is 0.105. The van der Waals surface area contributed by atoms with E-state index in [1.165, 1.54) is 30.4 Å². The maximum absolute atomic E-state index is 11.7. The Hall–Kier alpha value is -2.23. The van der Waals surface area contributed by atoms with Crippen molar-refractivity contribution in [2.75, 3.05) is 6.61 Å². The van der Waals surface area contributed by atoms with Gasteiger partial charge in [0.2, 0.25) is 5.82 Å². The van der Waals surface area contributed by atoms with Crippen molar-refractivity contribution in [3.05, 3.63) is 52.7 Å². The van der Waals surface area contributed by atoms with Gasteiger partial charge in [0.1, 0.15) is 0 Å². The van der Waals surface area contributed by atoms with Gasteiger partial charge in [-0.15, -0.1) is 0 Å². The van der Waals surface area contributed by atoms with Crippen molar-refractivity contribution in [2.45, 2.75) is 60.3 Å². The second-order valence-corrected chi connectivity index (χ2v) is 7.63. The van der Waals surface area contributed by atoms with E-state index in [0.717, 1.165) is 17.6 Å². The zero-order valence-corrected chi connectivity index (χ0v) is 16.6. The molecule has 1 aliphatic rings. The molecule has 4 heteroatoms. The first-order valence-corrected chi connectivity index (χ1v) is 9.39. The number of hydrogen-bond acceptors (Lipinski definition) is 4. The summed E-state index contributed by atoms with van der Waals surface area (Å²) in [6, 6.07) is 0. The molecule has 0 amide bonds. The Morgan fingerprint density at radius 3 is 2.62 bits per heavy atom. The van der Waals surface area contributed by atoms with Gasteiger partial charge in [-0.1, -0.05) is 44.1 Å². The van der Waals surface area contributed by atoms with Crippen LogP contribution in [-0.2, 0) is 4.74 Å². The highest BCUT2D eigenvalue weighted by Crippen LogP contribution is 2.40. The molecule has 1 heterocycles. The van der Waals surface area contributed by atoms with Crippen LogP contribution in [0.5, 0.6) is 0 Å². The maximum atomic E-state index is 11.7. The topological polar surface area (TPSA) is 52.1 Å². The molecular weight excluding hydrogens is 324 g/mol. The molecule has 1 aliphatic carbocycles. The summed E-state index contributed by atoms with van der Waals surface area (Å²) < 4.78 is 5.04. The Morgan fingerprint density at radius 2 is 2.00 bits per heavy atom. The summed E-state index contributed by atoms with van der Waals surface area (Å²) in [6.07, 6.45) is 14.2. The Kier molecular flexibility index (Phi) is 6.90. The first kappa shape index (κ1) is 20.1. The van der Waals surface area contributed by atoms with Gasteiger partial charge in [-0.2, -0.15) is 0 Å². The summed E-state index contributed by atoms with van der Waals surface area (Å²) in [7, 11) is 0. The van der Waals surface area contributed by atoms with Crippen LogP contribution in [0.2, 0.25) is 0 Å². The van der Waals surface area contributed by atoms with Gasteiger partial charge in [0.25, 0.3) is 0 Å². The van der Waals surface area contributed by atoms with Crippen LogP contribution in [-0.4, -0.2) is 22.5 Å². The molecule has 0 saturated heterocycles. The summed E-state index contributed by atoms with van der Waals surface area (Å²) >= 11 is 0. The number of carbonyl (C=O) groups excluding carboxylic acids is 1. The molecule has 0 fully saturated rings. The van der Waals surface area contributed by atoms with Crippen LogP contribution in [0.1, 0.15) is 76.5 Å². The fourth-order valence-electron chi connectivity index (χ4n) is 3.31. The van der Waals surface area contributed by atoms with Crippen molar-refractivity contribution in [2.24, 2.45) is 5.41 Å². The third-order valence-electron chi connectivity index (χ3n) is 4.74. The third-order valence-corrected chi connectivity index (χ3v) is 4.74. The lowest BCUT2D eigenvalue weighted by atomic mass is 9.72. The lowest BCUT2D eigenvalue weighted by Gasteiger charge is -2.32. The van der Waals surface area contributed by atoms with Crippen molar-refractivity contribution >= 4 is 12.0 Å². The first-order chi connectivity index (χ1) is 12.3. The average molecular weight is 354 g/mol. The fourth-order valence-corrected chi connectivity index (χ4v) is 3.31. The highest BCUT2D eigenvalue weighted by molar-refractivity contribution is 5.85. The normalized spacial score (nSPS) is 17.7. The molecule has 0 aromatic carbocycles. The van der Waals surface area contributed by atoms with Crippen molar-refractivity contribution in [3.63, 3.8) is 0 Å². The van der Waals surface area contributed by atoms with Crippen molar-refractivity contribution in [3.8, 4) is 0 Å². The Morgan fingerprint density at radius 1 is 1.31 bits per heavy atom. The minimum atomic E-state index is -0.471. The standard InChI is InChI=1S/C22H30N2O2/c1-6-12-26-21(25)20-23-14-18(15-24-20)13-16(2)9-10-19-17(3)8-7-11-22(19,4)5/h9-10,13-15H,6-8,11-12H2,1-5H3/b10-9?,16-13+. The summed E-state index contributed by atoms with van der Waals surface area (Å²) in [5, 5.41) is 0. The van der Waals surface area contributed by atoms with Gasteiger partial charge in [0, 0.05) is 18.0 Å². The molecule has 0 bridgehead atoms. The summed E-state index contributed by atoms with van der Waals surface area (Å²) in [4.78, 5) is 19.9. The van der Waals surface area contributed by atoms with Crippen LogP contribution in [0.25, 0.3) is 6.08 Å². The molecule has 2 rings (SSSR count). The molecule has 1 aromatic rings. The summed E-state index contributed by atoms with van der Waals surface area (Å²) in [6.45, 7) is 11.3. The highest BCUT2D eigenvalue weighted by Gasteiger charge is 2.26. The molecule has 26 heavy (non-hydrogen) atoms. The van der Waals surface area contributed by atoms with Crippen molar-refractivity contribution in [1.29, 1.82) is 0 Å². The molecule has 0 N–H and O–H groups in total. The Labute approximate surface area is 157 Å². The van der Waals surface area contributed by atoms with Gasteiger partial charge < -0.3 is 4.74 Å². The van der Waals surface area contributed by atoms with Crippen molar-refractivity contribution < 1.29 is 9.53 Å². The van der Waals surface area contributed by atoms with E-state index < -0.39 is 5.97 Å². The van der Waals surface area contributed by atoms with Gasteiger partial charge in [0.15, 0.2) is 0 Å². The number of carbonyl (C=O) groups is 1. The molecule has 0 unspecified atom stereocenters. The summed E-state index contributed by atoms with van der Waals surface area (Å²) in [5.74, 6) is -0.366. The molecule has 0 atom stereocenters. The van der Waals surface area contributed by atoms with Crippen molar-refractivity contribution in [1.82, 2.24) is 9.97 Å². The van der Waals surface area contributed by atoms with Gasteiger partial charge >= 0.3 is 5.97 Å². The van der Waals surface area contributed by atoms with E-state index in [1.54, 1.807) is 12.4 Å². The van der Waals surface area contributed by atoms with E-state index in [9.17, 15) is 4.79 Å². The van der Waals surface area contributed by atoms with Crippen LogP contribution in [0.15, 0.2) is 41.3 Å². The predicted octanol–water partition coefficient (Wildman–Crippen LogP) is 5.53. The van der Waals surface area contributed by atoms with Crippen LogP contribution in [0.4, 0.5) is 0 Å². The lowest BCUT2D eigenvalue weighted by molar-refractivity contribution is 0.0490. The van der Waals surface area contributed by atoms with Crippen LogP contribution >= 0.6 is 0 Å². The smallest absolute Gasteiger partial charge is 0.376 e. The number of rotatable bonds is 6. The average Bonchev–Trinajstić information content (AvgIpc) is 2.59. The van der Waals surface area contributed by atoms with E-state index in [2.05, 4.69) is 49.8 Å². The third kappa shape index (κ3) is 5.38. The van der Waals surface area contributed by atoms with E-state index >= 15 is 0 Å². The minimum Gasteiger partial charge on any atom is -0.460 e. The molecule has 1 aromatic heterocycles. The first-order valence-electron chi connectivity index (χ1n) is 9.39. The number of allylic oxidation sites excluding steroid dienone is 5. The molecule has 0 spiro atoms. The number of ether oxygens (including phenoxy) is 1. The van der Waals surface area contributed by atoms with E-state index in [4.69, 9.17) is 4.74 Å². The van der Waals surface area contributed by atoms with Crippen LogP contribution < -0.4 is 0 Å². The fraction of sp³-hybridized carbons (Fsp3) is 0.500. The van der Waals surface area contributed by atoms with Gasteiger partial charge in [-0.25, -0.2) is 14.8 Å². The van der Waals surface area contributed by atoms with Gasteiger partial charge in [-0.3, -0.25) is 0 Å². The molecule has 4 nitrogen and oxygen atoms in total. The number of esters is 1. The largest absolute Gasteiger partial charge is 0.460 e. The molecule has 0 radical (unpaired) electrons. The maximum Gasteiger partial charge on any atom is 0.376 e. The number of hydrogen-bond donors (Lipinski definition) is 0. The highest BCUT2D eigenvalue weighted by atomic mass is 16.5. The second-order valence-electron chi connectivity index (χ2n) is 7.63. The second kappa shape index (κ2) is 8.93. The van der Waals surface area contributed by atoms with E-state index in [-0.39, 0.29) is 11.2 Å². The molecule has 0 saturated carbocycles. The molecule has 140 valence electrons. The quantitative estimate of drug-likeness (QED) is 0.498. The lowest BCUT2D eigenvalue weighted by Crippen LogP contribution is -2.19. The predicted molar refractivity (Wildman–Crippen MR) is 106 cm³/mol. The van der Waals surface area contributed by atoms with Gasteiger partial charge in [0.05, 0.1) is 6.61 Å². The van der Waals surface area contributed by atoms with E-state index in [0.29, 0.717) is 6.61 Å². The SMILES string of the molecule is CCCOC(=O)c1ncc(/C=C(\C)C=CC2=C(C)CCCC2(C)C)cn1. The van der Waals surface area contributed by atoms with Gasteiger partial charge in [-0.05, 0) is 56.6 Å². The molecule has 0 aliphatic heterocycles. The number of nitrogens with zero attached hydrogens (tertiary/aromatic N) is 2. The van der Waals surface area contributed by atoms with Crippen LogP contribution in [0, 0.1) is 5.41 Å². The zero-order chi connectivity index (χ0) is 19.2. The zero-order valence-electron chi connectivity index (χ0n) is 16.6. The van der Waals surface area contributed by atoms with E-state index in [1.807, 2.05) is 13.0 Å². The Balaban J connectivity index is 2.08.